The van der Waals surface area contributed by atoms with Gasteiger partial charge >= 0.3 is 0 Å². The molecule has 120 valence electrons. The Bertz CT molecular complexity index is 692. The van der Waals surface area contributed by atoms with Crippen molar-refractivity contribution in [1.29, 1.82) is 0 Å². The van der Waals surface area contributed by atoms with Crippen LogP contribution in [0.1, 0.15) is 36.2 Å². The Labute approximate surface area is 136 Å². The topological polar surface area (TPSA) is 55.4 Å². The molecule has 0 aliphatic heterocycles. The minimum absolute atomic E-state index is 0.00269. The first-order valence-corrected chi connectivity index (χ1v) is 7.64. The minimum atomic E-state index is -0.565. The highest BCUT2D eigenvalue weighted by Gasteiger charge is 2.18. The van der Waals surface area contributed by atoms with Gasteiger partial charge in [0.05, 0.1) is 0 Å². The van der Waals surface area contributed by atoms with Crippen LogP contribution >= 0.6 is 0 Å². The fourth-order valence-corrected chi connectivity index (χ4v) is 2.19. The van der Waals surface area contributed by atoms with Crippen LogP contribution in [0.25, 0.3) is 0 Å². The summed E-state index contributed by atoms with van der Waals surface area (Å²) in [6.07, 6.45) is -0.00466. The molecule has 0 radical (unpaired) electrons. The summed E-state index contributed by atoms with van der Waals surface area (Å²) in [6, 6.07) is 14.4. The fourth-order valence-electron chi connectivity index (χ4n) is 2.19. The van der Waals surface area contributed by atoms with Gasteiger partial charge in [-0.15, -0.1) is 0 Å². The van der Waals surface area contributed by atoms with E-state index < -0.39 is 6.10 Å². The van der Waals surface area contributed by atoms with E-state index in [0.717, 1.165) is 5.56 Å². The third kappa shape index (κ3) is 4.68. The van der Waals surface area contributed by atoms with Gasteiger partial charge in [0.2, 0.25) is 0 Å². The molecule has 1 N–H and O–H groups in total. The summed E-state index contributed by atoms with van der Waals surface area (Å²) in [6.45, 7) is 5.39. The highest BCUT2D eigenvalue weighted by Crippen LogP contribution is 2.17. The predicted molar refractivity (Wildman–Crippen MR) is 91.0 cm³/mol. The number of rotatable bonds is 6. The summed E-state index contributed by atoms with van der Waals surface area (Å²) in [5, 5.41) is 2.82. The first kappa shape index (κ1) is 16.7. The largest absolute Gasteiger partial charge is 0.481 e. The third-order valence-corrected chi connectivity index (χ3v) is 3.49. The number of nitrogens with one attached hydrogen (secondary N) is 1. The first-order chi connectivity index (χ1) is 11.0. The van der Waals surface area contributed by atoms with Gasteiger partial charge in [0.1, 0.15) is 5.75 Å². The van der Waals surface area contributed by atoms with Crippen LogP contribution in [-0.2, 0) is 4.79 Å². The van der Waals surface area contributed by atoms with E-state index in [2.05, 4.69) is 5.32 Å². The van der Waals surface area contributed by atoms with Gasteiger partial charge in [-0.1, -0.05) is 19.1 Å². The van der Waals surface area contributed by atoms with Crippen molar-refractivity contribution in [3.05, 3.63) is 59.7 Å². The molecule has 23 heavy (non-hydrogen) atoms. The number of carbonyl (C=O) groups is 2. The van der Waals surface area contributed by atoms with Crippen molar-refractivity contribution in [2.45, 2.75) is 33.3 Å². The van der Waals surface area contributed by atoms with Gasteiger partial charge in [-0.3, -0.25) is 9.59 Å². The normalized spacial score (nSPS) is 11.6. The molecule has 0 aliphatic rings. The Hall–Kier alpha value is -2.62. The molecule has 2 aromatic carbocycles. The van der Waals surface area contributed by atoms with Crippen LogP contribution in [-0.4, -0.2) is 17.8 Å². The molecule has 0 bridgehead atoms. The van der Waals surface area contributed by atoms with Gasteiger partial charge in [0.15, 0.2) is 11.9 Å². The summed E-state index contributed by atoms with van der Waals surface area (Å²) < 4.78 is 5.77. The van der Waals surface area contributed by atoms with E-state index in [4.69, 9.17) is 4.74 Å². The SMILES string of the molecule is CCC(Oc1cccc(C)c1)C(=O)Nc1ccc(C(C)=O)cc1. The first-order valence-electron chi connectivity index (χ1n) is 7.64. The number of benzene rings is 2. The van der Waals surface area contributed by atoms with Gasteiger partial charge in [0.25, 0.3) is 5.91 Å². The molecule has 0 fully saturated rings. The van der Waals surface area contributed by atoms with E-state index in [1.807, 2.05) is 38.1 Å². The molecule has 0 aliphatic carbocycles. The zero-order valence-electron chi connectivity index (χ0n) is 13.6. The molecule has 0 heterocycles. The lowest BCUT2D eigenvalue weighted by Gasteiger charge is -2.17. The highest BCUT2D eigenvalue weighted by molar-refractivity contribution is 5.96. The third-order valence-electron chi connectivity index (χ3n) is 3.49. The molecular weight excluding hydrogens is 290 g/mol. The molecule has 4 nitrogen and oxygen atoms in total. The molecule has 2 rings (SSSR count). The van der Waals surface area contributed by atoms with E-state index in [1.165, 1.54) is 6.92 Å². The van der Waals surface area contributed by atoms with Crippen molar-refractivity contribution in [3.63, 3.8) is 0 Å². The Morgan fingerprint density at radius 1 is 1.13 bits per heavy atom. The summed E-state index contributed by atoms with van der Waals surface area (Å²) >= 11 is 0. The molecule has 0 saturated heterocycles. The van der Waals surface area contributed by atoms with E-state index in [0.29, 0.717) is 23.4 Å². The van der Waals surface area contributed by atoms with Crippen molar-refractivity contribution < 1.29 is 14.3 Å². The van der Waals surface area contributed by atoms with Crippen LogP contribution in [0.2, 0.25) is 0 Å². The van der Waals surface area contributed by atoms with Crippen LogP contribution in [0.5, 0.6) is 5.75 Å². The molecular formula is C19H21NO3. The average Bonchev–Trinajstić information content (AvgIpc) is 2.53. The van der Waals surface area contributed by atoms with Gasteiger partial charge in [-0.05, 0) is 62.2 Å². The molecule has 0 spiro atoms. The number of Topliss-reactive ketones (excluding diaryl/α,β-unsaturated/α-hetero) is 1. The zero-order valence-corrected chi connectivity index (χ0v) is 13.6. The van der Waals surface area contributed by atoms with Gasteiger partial charge in [-0.2, -0.15) is 0 Å². The van der Waals surface area contributed by atoms with Crippen molar-refractivity contribution in [2.24, 2.45) is 0 Å². The molecule has 1 unspecified atom stereocenters. The molecule has 1 amide bonds. The van der Waals surface area contributed by atoms with Crippen molar-refractivity contribution in [3.8, 4) is 5.75 Å². The van der Waals surface area contributed by atoms with E-state index >= 15 is 0 Å². The van der Waals surface area contributed by atoms with Crippen LogP contribution in [0, 0.1) is 6.92 Å². The van der Waals surface area contributed by atoms with Crippen LogP contribution in [0.15, 0.2) is 48.5 Å². The molecule has 1 atom stereocenters. The summed E-state index contributed by atoms with van der Waals surface area (Å²) in [5.74, 6) is 0.473. The maximum Gasteiger partial charge on any atom is 0.265 e. The van der Waals surface area contributed by atoms with E-state index in [1.54, 1.807) is 24.3 Å². The van der Waals surface area contributed by atoms with Crippen LogP contribution in [0.3, 0.4) is 0 Å². The summed E-state index contributed by atoms with van der Waals surface area (Å²) in [7, 11) is 0. The summed E-state index contributed by atoms with van der Waals surface area (Å²) in [4.78, 5) is 23.6. The number of aryl methyl sites for hydroxylation is 1. The van der Waals surface area contributed by atoms with Crippen molar-refractivity contribution in [1.82, 2.24) is 0 Å². The van der Waals surface area contributed by atoms with E-state index in [9.17, 15) is 9.59 Å². The van der Waals surface area contributed by atoms with Crippen molar-refractivity contribution >= 4 is 17.4 Å². The molecule has 0 aromatic heterocycles. The second-order valence-electron chi connectivity index (χ2n) is 5.45. The van der Waals surface area contributed by atoms with Crippen molar-refractivity contribution in [2.75, 3.05) is 5.32 Å². The number of hydrogen-bond donors (Lipinski definition) is 1. The monoisotopic (exact) mass is 311 g/mol. The standard InChI is InChI=1S/C19H21NO3/c1-4-18(23-17-7-5-6-13(2)12-17)19(22)20-16-10-8-15(9-11-16)14(3)21/h5-12,18H,4H2,1-3H3,(H,20,22). The quantitative estimate of drug-likeness (QED) is 0.821. The number of carbonyl (C=O) groups excluding carboxylic acids is 2. The lowest BCUT2D eigenvalue weighted by Crippen LogP contribution is -2.32. The van der Waals surface area contributed by atoms with Crippen LogP contribution < -0.4 is 10.1 Å². The van der Waals surface area contributed by atoms with Gasteiger partial charge in [-0.25, -0.2) is 0 Å². The average molecular weight is 311 g/mol. The smallest absolute Gasteiger partial charge is 0.265 e. The Morgan fingerprint density at radius 2 is 1.83 bits per heavy atom. The Kier molecular flexibility index (Phi) is 5.52. The van der Waals surface area contributed by atoms with Gasteiger partial charge < -0.3 is 10.1 Å². The zero-order chi connectivity index (χ0) is 16.8. The lowest BCUT2D eigenvalue weighted by molar-refractivity contribution is -0.122. The molecule has 4 heteroatoms. The Morgan fingerprint density at radius 3 is 2.39 bits per heavy atom. The van der Waals surface area contributed by atoms with Crippen LogP contribution in [0.4, 0.5) is 5.69 Å². The molecule has 0 saturated carbocycles. The number of ether oxygens (including phenoxy) is 1. The second-order valence-corrected chi connectivity index (χ2v) is 5.45. The number of hydrogen-bond acceptors (Lipinski definition) is 3. The fraction of sp³-hybridized carbons (Fsp3) is 0.263. The number of anilines is 1. The molecule has 2 aromatic rings. The highest BCUT2D eigenvalue weighted by atomic mass is 16.5. The van der Waals surface area contributed by atoms with Gasteiger partial charge in [0, 0.05) is 11.3 Å². The lowest BCUT2D eigenvalue weighted by atomic mass is 10.1. The maximum absolute atomic E-state index is 12.3. The number of ketones is 1. The number of amides is 1. The summed E-state index contributed by atoms with van der Waals surface area (Å²) in [5.41, 5.74) is 2.34. The maximum atomic E-state index is 12.3. The van der Waals surface area contributed by atoms with E-state index in [-0.39, 0.29) is 11.7 Å². The second kappa shape index (κ2) is 7.58. The predicted octanol–water partition coefficient (Wildman–Crippen LogP) is 3.99. The minimum Gasteiger partial charge on any atom is -0.481 e. The Balaban J connectivity index is 2.03.